The van der Waals surface area contributed by atoms with Gasteiger partial charge >= 0.3 is 12.2 Å². The number of amides is 4. The second-order valence-electron chi connectivity index (χ2n) is 6.65. The Morgan fingerprint density at radius 2 is 1.42 bits per heavy atom. The van der Waals surface area contributed by atoms with E-state index in [4.69, 9.17) is 27.7 Å². The van der Waals surface area contributed by atoms with Crippen LogP contribution < -0.4 is 34.0 Å². The van der Waals surface area contributed by atoms with Crippen molar-refractivity contribution in [2.45, 2.75) is 52.4 Å². The molecule has 0 aliphatic heterocycles. The Hall–Kier alpha value is -2.64. The molecular formula is C20H45N7O6. The summed E-state index contributed by atoms with van der Waals surface area (Å²) in [7, 11) is 0. The van der Waals surface area contributed by atoms with Gasteiger partial charge in [0.05, 0.1) is 6.54 Å². The number of nitrogens with zero attached hydrogens (tertiary/aromatic N) is 1. The van der Waals surface area contributed by atoms with Gasteiger partial charge in [-0.25, -0.2) is 9.59 Å². The molecule has 0 aliphatic rings. The van der Waals surface area contributed by atoms with Gasteiger partial charge in [0.1, 0.15) is 19.8 Å². The van der Waals surface area contributed by atoms with Crippen LogP contribution in [0.2, 0.25) is 0 Å². The molecule has 0 bridgehead atoms. The third-order valence-corrected chi connectivity index (χ3v) is 3.64. The summed E-state index contributed by atoms with van der Waals surface area (Å²) in [6.07, 6.45) is 3.75. The van der Waals surface area contributed by atoms with Crippen LogP contribution in [-0.2, 0) is 19.1 Å². The van der Waals surface area contributed by atoms with Crippen LogP contribution in [0.15, 0.2) is 0 Å². The first-order chi connectivity index (χ1) is 15.7. The topological polar surface area (TPSA) is 232 Å². The minimum absolute atomic E-state index is 0.0325. The fourth-order valence-electron chi connectivity index (χ4n) is 1.87. The number of carbonyl (C=O) groups is 4. The zero-order valence-corrected chi connectivity index (χ0v) is 20.2. The van der Waals surface area contributed by atoms with Crippen LogP contribution >= 0.6 is 0 Å². The lowest BCUT2D eigenvalue weighted by molar-refractivity contribution is -0.122. The van der Waals surface area contributed by atoms with Gasteiger partial charge in [-0.15, -0.1) is 0 Å². The Morgan fingerprint density at radius 3 is 1.85 bits per heavy atom. The number of nitrogens with two attached hydrogens (primary N) is 5. The fourth-order valence-corrected chi connectivity index (χ4v) is 1.87. The first kappa shape index (κ1) is 35.0. The Balaban J connectivity index is -0.000000746. The highest BCUT2D eigenvalue weighted by Crippen LogP contribution is 2.01. The van der Waals surface area contributed by atoms with Gasteiger partial charge in [-0.05, 0) is 32.4 Å². The summed E-state index contributed by atoms with van der Waals surface area (Å²) in [4.78, 5) is 44.9. The molecule has 0 atom stereocenters. The molecule has 0 spiro atoms. The number of carbonyl (C=O) groups excluding carboxylic acids is 4. The monoisotopic (exact) mass is 479 g/mol. The van der Waals surface area contributed by atoms with E-state index in [0.29, 0.717) is 25.9 Å². The van der Waals surface area contributed by atoms with Crippen molar-refractivity contribution in [1.82, 2.24) is 10.2 Å². The van der Waals surface area contributed by atoms with Crippen LogP contribution in [0.1, 0.15) is 52.4 Å². The maximum atomic E-state index is 11.9. The molecule has 13 nitrogen and oxygen atoms in total. The summed E-state index contributed by atoms with van der Waals surface area (Å²) in [6.45, 7) is 5.90. The number of hydrogen-bond donors (Lipinski definition) is 6. The van der Waals surface area contributed by atoms with E-state index in [-0.39, 0.29) is 44.7 Å². The molecule has 0 aromatic rings. The number of unbranched alkanes of at least 4 members (excludes halogenated alkanes) is 3. The standard InChI is InChI=1S/C13H27N5O5.C4H11N.C3H7NO/c14-4-2-1-3-7-18(13(21)23-8-5-15)10-11(19)17-6-9-22-12(16)20;1-2-3-4-5;1-2-3(4)5/h1-10,14-15H2,(H2,16,20)(H,17,19);2-5H2,1H3;2H2,1H3,(H2,4,5). The highest BCUT2D eigenvalue weighted by Gasteiger charge is 2.18. The molecule has 0 saturated heterocycles. The van der Waals surface area contributed by atoms with Crippen molar-refractivity contribution in [3.8, 4) is 0 Å². The lowest BCUT2D eigenvalue weighted by atomic mass is 10.2. The Labute approximate surface area is 197 Å². The molecule has 0 saturated carbocycles. The summed E-state index contributed by atoms with van der Waals surface area (Å²) in [5, 5.41) is 2.52. The van der Waals surface area contributed by atoms with E-state index in [9.17, 15) is 19.2 Å². The van der Waals surface area contributed by atoms with E-state index >= 15 is 0 Å². The van der Waals surface area contributed by atoms with Crippen LogP contribution in [0.4, 0.5) is 9.59 Å². The van der Waals surface area contributed by atoms with E-state index in [1.165, 1.54) is 17.7 Å². The van der Waals surface area contributed by atoms with Crippen molar-refractivity contribution in [3.63, 3.8) is 0 Å². The normalized spacial score (nSPS) is 9.36. The van der Waals surface area contributed by atoms with Crippen LogP contribution in [0.3, 0.4) is 0 Å². The molecule has 0 radical (unpaired) electrons. The van der Waals surface area contributed by atoms with E-state index in [2.05, 4.69) is 22.7 Å². The largest absolute Gasteiger partial charge is 0.448 e. The van der Waals surface area contributed by atoms with Crippen molar-refractivity contribution >= 4 is 24.0 Å². The van der Waals surface area contributed by atoms with Crippen molar-refractivity contribution in [1.29, 1.82) is 0 Å². The molecule has 0 aliphatic carbocycles. The first-order valence-corrected chi connectivity index (χ1v) is 11.2. The third-order valence-electron chi connectivity index (χ3n) is 3.64. The number of primary amides is 2. The maximum absolute atomic E-state index is 11.9. The molecule has 33 heavy (non-hydrogen) atoms. The van der Waals surface area contributed by atoms with Gasteiger partial charge in [-0.3, -0.25) is 14.5 Å². The molecule has 0 heterocycles. The lowest BCUT2D eigenvalue weighted by Crippen LogP contribution is -2.42. The van der Waals surface area contributed by atoms with Gasteiger partial charge in [0.15, 0.2) is 0 Å². The fraction of sp³-hybridized carbons (Fsp3) is 0.800. The zero-order chi connectivity index (χ0) is 25.9. The van der Waals surface area contributed by atoms with E-state index in [1.54, 1.807) is 6.92 Å². The number of ether oxygens (including phenoxy) is 2. The van der Waals surface area contributed by atoms with Crippen LogP contribution in [0.5, 0.6) is 0 Å². The highest BCUT2D eigenvalue weighted by molar-refractivity contribution is 5.82. The van der Waals surface area contributed by atoms with Crippen molar-refractivity contribution in [2.24, 2.45) is 28.7 Å². The van der Waals surface area contributed by atoms with Gasteiger partial charge in [-0.2, -0.15) is 0 Å². The minimum atomic E-state index is -0.911. The summed E-state index contributed by atoms with van der Waals surface area (Å²) in [6, 6.07) is 0. The van der Waals surface area contributed by atoms with Crippen LogP contribution in [0, 0.1) is 0 Å². The van der Waals surface area contributed by atoms with Crippen LogP contribution in [0.25, 0.3) is 0 Å². The smallest absolute Gasteiger partial charge is 0.410 e. The third kappa shape index (κ3) is 31.6. The van der Waals surface area contributed by atoms with Gasteiger partial charge in [0.25, 0.3) is 0 Å². The molecule has 196 valence electrons. The average molecular weight is 480 g/mol. The molecular weight excluding hydrogens is 434 g/mol. The quantitative estimate of drug-likeness (QED) is 0.163. The van der Waals surface area contributed by atoms with E-state index in [0.717, 1.165) is 19.4 Å². The number of hydrogen-bond acceptors (Lipinski definition) is 9. The lowest BCUT2D eigenvalue weighted by Gasteiger charge is -2.21. The Kier molecular flexibility index (Phi) is 29.0. The second kappa shape index (κ2) is 27.4. The summed E-state index contributed by atoms with van der Waals surface area (Å²) in [5.74, 6) is -0.633. The van der Waals surface area contributed by atoms with Gasteiger partial charge in [0.2, 0.25) is 11.8 Å². The molecule has 0 rings (SSSR count). The van der Waals surface area contributed by atoms with Gasteiger partial charge in [0, 0.05) is 19.5 Å². The first-order valence-electron chi connectivity index (χ1n) is 11.2. The summed E-state index contributed by atoms with van der Waals surface area (Å²) < 4.78 is 9.42. The predicted molar refractivity (Wildman–Crippen MR) is 127 cm³/mol. The number of nitrogens with one attached hydrogen (secondary N) is 1. The summed E-state index contributed by atoms with van der Waals surface area (Å²) in [5.41, 5.74) is 25.3. The van der Waals surface area contributed by atoms with Crippen molar-refractivity contribution < 1.29 is 28.7 Å². The highest BCUT2D eigenvalue weighted by atomic mass is 16.6. The molecule has 0 aromatic carbocycles. The van der Waals surface area contributed by atoms with Crippen LogP contribution in [-0.4, -0.2) is 81.4 Å². The maximum Gasteiger partial charge on any atom is 0.410 e. The zero-order valence-electron chi connectivity index (χ0n) is 20.2. The van der Waals surface area contributed by atoms with Crippen molar-refractivity contribution in [2.75, 3.05) is 52.5 Å². The van der Waals surface area contributed by atoms with Crippen molar-refractivity contribution in [3.05, 3.63) is 0 Å². The van der Waals surface area contributed by atoms with E-state index < -0.39 is 12.2 Å². The Morgan fingerprint density at radius 1 is 0.818 bits per heavy atom. The molecule has 0 aromatic heterocycles. The number of rotatable bonds is 15. The molecule has 0 unspecified atom stereocenters. The predicted octanol–water partition coefficient (Wildman–Crippen LogP) is -0.649. The molecule has 0 fully saturated rings. The Bertz CT molecular complexity index is 507. The summed E-state index contributed by atoms with van der Waals surface area (Å²) >= 11 is 0. The van der Waals surface area contributed by atoms with Gasteiger partial charge < -0.3 is 43.5 Å². The average Bonchev–Trinajstić information content (AvgIpc) is 2.78. The molecule has 4 amide bonds. The van der Waals surface area contributed by atoms with E-state index in [1.807, 2.05) is 0 Å². The molecule has 11 N–H and O–H groups in total. The molecule has 13 heteroatoms. The minimum Gasteiger partial charge on any atom is -0.448 e. The second-order valence-corrected chi connectivity index (χ2v) is 6.65. The SMILES string of the molecule is CCC(N)=O.CCCCN.NCCCCCN(CC(=O)NCCOC(N)=O)C(=O)OCCN. The van der Waals surface area contributed by atoms with Gasteiger partial charge in [-0.1, -0.05) is 26.7 Å².